The first-order valence-electron chi connectivity index (χ1n) is 6.72. The van der Waals surface area contributed by atoms with Gasteiger partial charge in [0.2, 0.25) is 0 Å². The van der Waals surface area contributed by atoms with E-state index < -0.39 is 11.4 Å². The van der Waals surface area contributed by atoms with E-state index in [4.69, 9.17) is 5.11 Å². The average molecular weight is 256 g/mol. The molecule has 0 spiro atoms. The molecule has 0 atom stereocenters. The summed E-state index contributed by atoms with van der Waals surface area (Å²) in [5.41, 5.74) is -0.668. The van der Waals surface area contributed by atoms with Gasteiger partial charge in [0.25, 0.3) is 0 Å². The first-order valence-corrected chi connectivity index (χ1v) is 6.72. The Morgan fingerprint density at radius 1 is 1.28 bits per heavy atom. The van der Waals surface area contributed by atoms with E-state index in [0.29, 0.717) is 32.5 Å². The number of aliphatic carboxylic acids is 1. The van der Waals surface area contributed by atoms with E-state index >= 15 is 0 Å². The van der Waals surface area contributed by atoms with Crippen LogP contribution in [-0.2, 0) is 4.79 Å². The SMILES string of the molecule is CCCN(CC)C(=O)N1CCC(C)(C(=O)O)CC1. The number of hydrogen-bond donors (Lipinski definition) is 1. The third-order valence-electron chi connectivity index (χ3n) is 3.80. The quantitative estimate of drug-likeness (QED) is 0.837. The smallest absolute Gasteiger partial charge is 0.319 e. The van der Waals surface area contributed by atoms with Crippen LogP contribution in [0.2, 0.25) is 0 Å². The van der Waals surface area contributed by atoms with Gasteiger partial charge in [-0.3, -0.25) is 4.79 Å². The van der Waals surface area contributed by atoms with Crippen molar-refractivity contribution in [3.05, 3.63) is 0 Å². The third kappa shape index (κ3) is 3.15. The van der Waals surface area contributed by atoms with Crippen molar-refractivity contribution in [2.75, 3.05) is 26.2 Å². The Labute approximate surface area is 109 Å². The van der Waals surface area contributed by atoms with E-state index in [1.54, 1.807) is 11.8 Å². The molecule has 0 aromatic carbocycles. The highest BCUT2D eigenvalue weighted by atomic mass is 16.4. The average Bonchev–Trinajstić information content (AvgIpc) is 2.36. The van der Waals surface area contributed by atoms with Crippen LogP contribution >= 0.6 is 0 Å². The van der Waals surface area contributed by atoms with E-state index in [-0.39, 0.29) is 6.03 Å². The minimum atomic E-state index is -0.754. The maximum absolute atomic E-state index is 12.2. The number of rotatable bonds is 4. The highest BCUT2D eigenvalue weighted by Crippen LogP contribution is 2.31. The van der Waals surface area contributed by atoms with Gasteiger partial charge in [-0.2, -0.15) is 0 Å². The van der Waals surface area contributed by atoms with Gasteiger partial charge in [-0.1, -0.05) is 6.92 Å². The number of carbonyl (C=O) groups excluding carboxylic acids is 1. The lowest BCUT2D eigenvalue weighted by atomic mass is 9.80. The number of carboxylic acids is 1. The topological polar surface area (TPSA) is 60.9 Å². The van der Waals surface area contributed by atoms with E-state index in [0.717, 1.165) is 13.0 Å². The van der Waals surface area contributed by atoms with Gasteiger partial charge in [-0.25, -0.2) is 4.79 Å². The van der Waals surface area contributed by atoms with Gasteiger partial charge in [0.1, 0.15) is 0 Å². The number of likely N-dealkylation sites (tertiary alicyclic amines) is 1. The number of piperidine rings is 1. The van der Waals surface area contributed by atoms with Crippen molar-refractivity contribution in [3.63, 3.8) is 0 Å². The van der Waals surface area contributed by atoms with Crippen molar-refractivity contribution >= 4 is 12.0 Å². The van der Waals surface area contributed by atoms with E-state index in [1.165, 1.54) is 0 Å². The van der Waals surface area contributed by atoms with Crippen molar-refractivity contribution in [2.45, 2.75) is 40.0 Å². The summed E-state index contributed by atoms with van der Waals surface area (Å²) < 4.78 is 0. The Balaban J connectivity index is 2.57. The Bertz CT molecular complexity index is 309. The molecule has 1 fully saturated rings. The predicted octanol–water partition coefficient (Wildman–Crippen LogP) is 2.03. The standard InChI is InChI=1S/C13H24N2O3/c1-4-8-14(5-2)12(18)15-9-6-13(3,7-10-15)11(16)17/h4-10H2,1-3H3,(H,16,17). The maximum atomic E-state index is 12.2. The normalized spacial score (nSPS) is 18.5. The van der Waals surface area contributed by atoms with Gasteiger partial charge < -0.3 is 14.9 Å². The van der Waals surface area contributed by atoms with Crippen molar-refractivity contribution in [1.82, 2.24) is 9.80 Å². The Morgan fingerprint density at radius 2 is 1.83 bits per heavy atom. The molecule has 1 rings (SSSR count). The zero-order chi connectivity index (χ0) is 13.8. The molecule has 2 amide bonds. The largest absolute Gasteiger partial charge is 0.481 e. The molecule has 5 heteroatoms. The second-order valence-corrected chi connectivity index (χ2v) is 5.22. The van der Waals surface area contributed by atoms with Crippen LogP contribution in [0.5, 0.6) is 0 Å². The zero-order valence-corrected chi connectivity index (χ0v) is 11.6. The molecule has 0 aromatic heterocycles. The second kappa shape index (κ2) is 6.07. The summed E-state index contributed by atoms with van der Waals surface area (Å²) in [5, 5.41) is 9.15. The van der Waals surface area contributed by atoms with E-state index in [1.807, 2.05) is 18.7 Å². The minimum Gasteiger partial charge on any atom is -0.481 e. The predicted molar refractivity (Wildman–Crippen MR) is 69.5 cm³/mol. The van der Waals surface area contributed by atoms with Crippen molar-refractivity contribution in [1.29, 1.82) is 0 Å². The third-order valence-corrected chi connectivity index (χ3v) is 3.80. The molecule has 0 radical (unpaired) electrons. The zero-order valence-electron chi connectivity index (χ0n) is 11.6. The molecule has 1 aliphatic heterocycles. The molecule has 0 aromatic rings. The molecule has 18 heavy (non-hydrogen) atoms. The lowest BCUT2D eigenvalue weighted by molar-refractivity contribution is -0.150. The number of carbonyl (C=O) groups is 2. The molecule has 0 unspecified atom stereocenters. The van der Waals surface area contributed by atoms with Crippen LogP contribution in [0.1, 0.15) is 40.0 Å². The van der Waals surface area contributed by atoms with Gasteiger partial charge in [-0.15, -0.1) is 0 Å². The van der Waals surface area contributed by atoms with Crippen LogP contribution in [0.3, 0.4) is 0 Å². The molecule has 0 bridgehead atoms. The molecule has 1 aliphatic rings. The first kappa shape index (κ1) is 14.8. The van der Waals surface area contributed by atoms with Crippen LogP contribution in [0.25, 0.3) is 0 Å². The molecular weight excluding hydrogens is 232 g/mol. The lowest BCUT2D eigenvalue weighted by Crippen LogP contribution is -2.50. The van der Waals surface area contributed by atoms with Gasteiger partial charge in [-0.05, 0) is 33.1 Å². The lowest BCUT2D eigenvalue weighted by Gasteiger charge is -2.38. The summed E-state index contributed by atoms with van der Waals surface area (Å²) in [6.07, 6.45) is 2.02. The van der Waals surface area contributed by atoms with Crippen LogP contribution < -0.4 is 0 Å². The molecule has 5 nitrogen and oxygen atoms in total. The fourth-order valence-corrected chi connectivity index (χ4v) is 2.26. The van der Waals surface area contributed by atoms with Crippen molar-refractivity contribution in [3.8, 4) is 0 Å². The fourth-order valence-electron chi connectivity index (χ4n) is 2.26. The molecule has 1 heterocycles. The number of nitrogens with zero attached hydrogens (tertiary/aromatic N) is 2. The fraction of sp³-hybridized carbons (Fsp3) is 0.846. The summed E-state index contributed by atoms with van der Waals surface area (Å²) >= 11 is 0. The van der Waals surface area contributed by atoms with Gasteiger partial charge in [0.05, 0.1) is 5.41 Å². The number of amides is 2. The molecule has 1 N–H and O–H groups in total. The van der Waals surface area contributed by atoms with E-state index in [2.05, 4.69) is 0 Å². The van der Waals surface area contributed by atoms with Gasteiger partial charge >= 0.3 is 12.0 Å². The van der Waals surface area contributed by atoms with Crippen LogP contribution in [0, 0.1) is 5.41 Å². The maximum Gasteiger partial charge on any atom is 0.319 e. The monoisotopic (exact) mass is 256 g/mol. The number of hydrogen-bond acceptors (Lipinski definition) is 2. The highest BCUT2D eigenvalue weighted by molar-refractivity contribution is 5.77. The summed E-state index contributed by atoms with van der Waals surface area (Å²) in [7, 11) is 0. The van der Waals surface area contributed by atoms with Gasteiger partial charge in [0, 0.05) is 26.2 Å². The minimum absolute atomic E-state index is 0.0480. The van der Waals surface area contributed by atoms with Crippen LogP contribution in [0.4, 0.5) is 4.79 Å². The Hall–Kier alpha value is -1.26. The Kier molecular flexibility index (Phi) is 4.99. The van der Waals surface area contributed by atoms with Crippen molar-refractivity contribution in [2.24, 2.45) is 5.41 Å². The number of urea groups is 1. The number of carboxylic acid groups (broad SMARTS) is 1. The van der Waals surface area contributed by atoms with Crippen molar-refractivity contribution < 1.29 is 14.7 Å². The van der Waals surface area contributed by atoms with Crippen LogP contribution in [-0.4, -0.2) is 53.1 Å². The van der Waals surface area contributed by atoms with Crippen LogP contribution in [0.15, 0.2) is 0 Å². The summed E-state index contributed by atoms with van der Waals surface area (Å²) in [6, 6.07) is 0.0480. The summed E-state index contributed by atoms with van der Waals surface area (Å²) in [5.74, 6) is -0.754. The first-order chi connectivity index (χ1) is 8.44. The molecule has 104 valence electrons. The molecular formula is C13H24N2O3. The Morgan fingerprint density at radius 3 is 2.22 bits per heavy atom. The highest BCUT2D eigenvalue weighted by Gasteiger charge is 2.38. The second-order valence-electron chi connectivity index (χ2n) is 5.22. The summed E-state index contributed by atoms with van der Waals surface area (Å²) in [4.78, 5) is 26.9. The molecule has 0 aliphatic carbocycles. The molecule has 1 saturated heterocycles. The summed E-state index contributed by atoms with van der Waals surface area (Å²) in [6.45, 7) is 8.35. The van der Waals surface area contributed by atoms with Gasteiger partial charge in [0.15, 0.2) is 0 Å². The van der Waals surface area contributed by atoms with E-state index in [9.17, 15) is 9.59 Å². The molecule has 0 saturated carbocycles.